The van der Waals surface area contributed by atoms with E-state index in [1.807, 2.05) is 6.92 Å². The van der Waals surface area contributed by atoms with Gasteiger partial charge in [0, 0.05) is 24.7 Å². The van der Waals surface area contributed by atoms with Crippen LogP contribution in [0.5, 0.6) is 0 Å². The molecule has 1 aromatic carbocycles. The van der Waals surface area contributed by atoms with Gasteiger partial charge in [-0.1, -0.05) is 19.1 Å². The smallest absolute Gasteiger partial charge is 0.0691 e. The SMILES string of the molecule is CCc1ccc2c(c1)-c1c(ccn1CC(C)O)C2. The number of hydrogen-bond donors (Lipinski definition) is 1. The van der Waals surface area contributed by atoms with Gasteiger partial charge in [-0.05, 0) is 42.2 Å². The van der Waals surface area contributed by atoms with Crippen molar-refractivity contribution in [3.63, 3.8) is 0 Å². The molecule has 0 saturated carbocycles. The first-order valence-corrected chi connectivity index (χ1v) is 6.67. The number of rotatable bonds is 3. The van der Waals surface area contributed by atoms with Crippen LogP contribution in [0, 0.1) is 0 Å². The molecule has 1 heterocycles. The third kappa shape index (κ3) is 1.77. The zero-order chi connectivity index (χ0) is 12.7. The molecular weight excluding hydrogens is 222 g/mol. The van der Waals surface area contributed by atoms with Gasteiger partial charge in [0.1, 0.15) is 0 Å². The molecule has 1 N–H and O–H groups in total. The first-order valence-electron chi connectivity index (χ1n) is 6.67. The Kier molecular flexibility index (Phi) is 2.75. The second-order valence-electron chi connectivity index (χ2n) is 5.21. The summed E-state index contributed by atoms with van der Waals surface area (Å²) in [5.41, 5.74) is 6.85. The predicted molar refractivity (Wildman–Crippen MR) is 73.7 cm³/mol. The molecule has 2 heteroatoms. The fourth-order valence-corrected chi connectivity index (χ4v) is 2.85. The number of benzene rings is 1. The average Bonchev–Trinajstić information content (AvgIpc) is 2.88. The van der Waals surface area contributed by atoms with Gasteiger partial charge in [0.05, 0.1) is 11.8 Å². The van der Waals surface area contributed by atoms with E-state index in [-0.39, 0.29) is 6.10 Å². The first kappa shape index (κ1) is 11.5. The zero-order valence-electron chi connectivity index (χ0n) is 11.0. The number of fused-ring (bicyclic) bond motifs is 3. The second kappa shape index (κ2) is 4.29. The summed E-state index contributed by atoms with van der Waals surface area (Å²) in [5, 5.41) is 9.58. The van der Waals surface area contributed by atoms with Crippen LogP contribution in [-0.2, 0) is 19.4 Å². The minimum Gasteiger partial charge on any atom is -0.392 e. The third-order valence-corrected chi connectivity index (χ3v) is 3.73. The largest absolute Gasteiger partial charge is 0.392 e. The van der Waals surface area contributed by atoms with E-state index >= 15 is 0 Å². The molecule has 1 aliphatic carbocycles. The Labute approximate surface area is 108 Å². The van der Waals surface area contributed by atoms with Crippen LogP contribution in [0.25, 0.3) is 11.3 Å². The average molecular weight is 241 g/mol. The van der Waals surface area contributed by atoms with Crippen molar-refractivity contribution < 1.29 is 5.11 Å². The van der Waals surface area contributed by atoms with E-state index in [0.717, 1.165) is 12.8 Å². The van der Waals surface area contributed by atoms with Crippen molar-refractivity contribution in [2.75, 3.05) is 0 Å². The topological polar surface area (TPSA) is 25.2 Å². The molecule has 1 unspecified atom stereocenters. The van der Waals surface area contributed by atoms with E-state index in [9.17, 15) is 5.11 Å². The van der Waals surface area contributed by atoms with Crippen LogP contribution < -0.4 is 0 Å². The molecule has 0 saturated heterocycles. The lowest BCUT2D eigenvalue weighted by molar-refractivity contribution is 0.174. The summed E-state index contributed by atoms with van der Waals surface area (Å²) >= 11 is 0. The molecule has 0 bridgehead atoms. The molecule has 0 fully saturated rings. The maximum Gasteiger partial charge on any atom is 0.0691 e. The standard InChI is InChI=1S/C16H19NO/c1-3-12-4-5-13-9-14-6-7-17(10-11(2)18)16(14)15(13)8-12/h4-8,11,18H,3,9-10H2,1-2H3. The van der Waals surface area contributed by atoms with Gasteiger partial charge < -0.3 is 9.67 Å². The molecule has 3 rings (SSSR count). The Morgan fingerprint density at radius 2 is 2.11 bits per heavy atom. The highest BCUT2D eigenvalue weighted by molar-refractivity contribution is 5.75. The fraction of sp³-hybridized carbons (Fsp3) is 0.375. The number of hydrogen-bond acceptors (Lipinski definition) is 1. The van der Waals surface area contributed by atoms with Gasteiger partial charge in [-0.15, -0.1) is 0 Å². The van der Waals surface area contributed by atoms with Crippen molar-refractivity contribution in [3.8, 4) is 11.3 Å². The minimum absolute atomic E-state index is 0.306. The molecule has 1 aliphatic rings. The van der Waals surface area contributed by atoms with Crippen molar-refractivity contribution in [2.45, 2.75) is 39.3 Å². The van der Waals surface area contributed by atoms with Gasteiger partial charge in [-0.25, -0.2) is 0 Å². The lowest BCUT2D eigenvalue weighted by Gasteiger charge is -2.11. The monoisotopic (exact) mass is 241 g/mol. The summed E-state index contributed by atoms with van der Waals surface area (Å²) in [5.74, 6) is 0. The maximum atomic E-state index is 9.58. The van der Waals surface area contributed by atoms with Crippen LogP contribution in [0.4, 0.5) is 0 Å². The molecule has 94 valence electrons. The quantitative estimate of drug-likeness (QED) is 0.749. The predicted octanol–water partition coefficient (Wildman–Crippen LogP) is 3.00. The molecule has 18 heavy (non-hydrogen) atoms. The van der Waals surface area contributed by atoms with Crippen molar-refractivity contribution in [1.82, 2.24) is 4.57 Å². The van der Waals surface area contributed by atoms with Crippen LogP contribution >= 0.6 is 0 Å². The number of aliphatic hydroxyl groups excluding tert-OH is 1. The van der Waals surface area contributed by atoms with Crippen molar-refractivity contribution >= 4 is 0 Å². The summed E-state index contributed by atoms with van der Waals surface area (Å²) < 4.78 is 2.19. The van der Waals surface area contributed by atoms with E-state index < -0.39 is 0 Å². The Hall–Kier alpha value is -1.54. The van der Waals surface area contributed by atoms with Crippen molar-refractivity contribution in [1.29, 1.82) is 0 Å². The van der Waals surface area contributed by atoms with Gasteiger partial charge in [-0.3, -0.25) is 0 Å². The zero-order valence-corrected chi connectivity index (χ0v) is 11.0. The molecule has 0 aliphatic heterocycles. The summed E-state index contributed by atoms with van der Waals surface area (Å²) in [4.78, 5) is 0. The highest BCUT2D eigenvalue weighted by Gasteiger charge is 2.22. The highest BCUT2D eigenvalue weighted by atomic mass is 16.3. The van der Waals surface area contributed by atoms with Crippen LogP contribution in [0.3, 0.4) is 0 Å². The van der Waals surface area contributed by atoms with Crippen LogP contribution in [0.1, 0.15) is 30.5 Å². The van der Waals surface area contributed by atoms with E-state index in [2.05, 4.69) is 42.0 Å². The molecule has 1 atom stereocenters. The number of nitrogens with zero attached hydrogens (tertiary/aromatic N) is 1. The Bertz CT molecular complexity index is 581. The van der Waals surface area contributed by atoms with E-state index in [4.69, 9.17) is 0 Å². The number of aryl methyl sites for hydroxylation is 1. The van der Waals surface area contributed by atoms with Gasteiger partial charge in [-0.2, -0.15) is 0 Å². The molecule has 0 radical (unpaired) electrons. The van der Waals surface area contributed by atoms with Gasteiger partial charge >= 0.3 is 0 Å². The molecule has 1 aromatic heterocycles. The Balaban J connectivity index is 2.09. The molecule has 0 amide bonds. The molecule has 0 spiro atoms. The fourth-order valence-electron chi connectivity index (χ4n) is 2.85. The van der Waals surface area contributed by atoms with E-state index in [1.165, 1.54) is 27.9 Å². The number of aliphatic hydroxyl groups is 1. The summed E-state index contributed by atoms with van der Waals surface area (Å²) in [6.07, 6.45) is 3.89. The van der Waals surface area contributed by atoms with Gasteiger partial charge in [0.25, 0.3) is 0 Å². The summed E-state index contributed by atoms with van der Waals surface area (Å²) in [7, 11) is 0. The third-order valence-electron chi connectivity index (χ3n) is 3.73. The number of aromatic nitrogens is 1. The summed E-state index contributed by atoms with van der Waals surface area (Å²) in [6, 6.07) is 8.97. The molecule has 2 aromatic rings. The minimum atomic E-state index is -0.306. The maximum absolute atomic E-state index is 9.58. The lowest BCUT2D eigenvalue weighted by Crippen LogP contribution is -2.11. The van der Waals surface area contributed by atoms with E-state index in [0.29, 0.717) is 6.54 Å². The normalized spacial score (nSPS) is 14.4. The van der Waals surface area contributed by atoms with Gasteiger partial charge in [0.2, 0.25) is 0 Å². The van der Waals surface area contributed by atoms with Gasteiger partial charge in [0.15, 0.2) is 0 Å². The molecular formula is C16H19NO. The first-order chi connectivity index (χ1) is 8.69. The van der Waals surface area contributed by atoms with Crippen LogP contribution in [0.15, 0.2) is 30.5 Å². The van der Waals surface area contributed by atoms with Crippen molar-refractivity contribution in [2.24, 2.45) is 0 Å². The highest BCUT2D eigenvalue weighted by Crippen LogP contribution is 2.38. The van der Waals surface area contributed by atoms with Crippen LogP contribution in [-0.4, -0.2) is 15.8 Å². The Morgan fingerprint density at radius 1 is 1.28 bits per heavy atom. The van der Waals surface area contributed by atoms with E-state index in [1.54, 1.807) is 0 Å². The molecule has 2 nitrogen and oxygen atoms in total. The lowest BCUT2D eigenvalue weighted by atomic mass is 10.0. The summed E-state index contributed by atoms with van der Waals surface area (Å²) in [6.45, 7) is 4.70. The van der Waals surface area contributed by atoms with Crippen LogP contribution in [0.2, 0.25) is 0 Å². The second-order valence-corrected chi connectivity index (χ2v) is 5.21. The Morgan fingerprint density at radius 3 is 2.83 bits per heavy atom. The van der Waals surface area contributed by atoms with Crippen molar-refractivity contribution in [3.05, 3.63) is 47.2 Å².